The standard InChI is InChI=1S/C16H19FN4O/c17-13-3-1-2-12(10-13)11-21-9-6-19-15(16(21)22)20-7-4-14(18)5-8-20/h1-3,6,9-10,14H,4-5,7-8,11,18H2. The maximum Gasteiger partial charge on any atom is 0.293 e. The van der Waals surface area contributed by atoms with E-state index >= 15 is 0 Å². The van der Waals surface area contributed by atoms with Crippen molar-refractivity contribution in [1.82, 2.24) is 9.55 Å². The quantitative estimate of drug-likeness (QED) is 0.930. The number of benzene rings is 1. The van der Waals surface area contributed by atoms with Crippen molar-refractivity contribution in [2.75, 3.05) is 18.0 Å². The molecule has 0 bridgehead atoms. The molecule has 1 saturated heterocycles. The van der Waals surface area contributed by atoms with E-state index in [1.165, 1.54) is 12.1 Å². The highest BCUT2D eigenvalue weighted by atomic mass is 19.1. The number of halogens is 1. The predicted molar refractivity (Wildman–Crippen MR) is 83.4 cm³/mol. The molecule has 1 aliphatic rings. The van der Waals surface area contributed by atoms with Crippen LogP contribution in [-0.4, -0.2) is 28.7 Å². The minimum absolute atomic E-state index is 0.151. The van der Waals surface area contributed by atoms with E-state index in [1.807, 2.05) is 4.90 Å². The van der Waals surface area contributed by atoms with Crippen molar-refractivity contribution in [2.45, 2.75) is 25.4 Å². The van der Waals surface area contributed by atoms with Gasteiger partial charge in [-0.1, -0.05) is 12.1 Å². The summed E-state index contributed by atoms with van der Waals surface area (Å²) < 4.78 is 14.8. The Balaban J connectivity index is 1.84. The summed E-state index contributed by atoms with van der Waals surface area (Å²) in [7, 11) is 0. The van der Waals surface area contributed by atoms with E-state index in [0.717, 1.165) is 31.5 Å². The summed E-state index contributed by atoms with van der Waals surface area (Å²) in [5.74, 6) is 0.149. The lowest BCUT2D eigenvalue weighted by atomic mass is 10.1. The van der Waals surface area contributed by atoms with Crippen molar-refractivity contribution >= 4 is 5.82 Å². The van der Waals surface area contributed by atoms with Gasteiger partial charge < -0.3 is 15.2 Å². The molecular formula is C16H19FN4O. The molecule has 0 aliphatic carbocycles. The molecule has 0 unspecified atom stereocenters. The van der Waals surface area contributed by atoms with Gasteiger partial charge in [-0.15, -0.1) is 0 Å². The lowest BCUT2D eigenvalue weighted by Gasteiger charge is -2.30. The minimum Gasteiger partial charge on any atom is -0.352 e. The van der Waals surface area contributed by atoms with Gasteiger partial charge >= 0.3 is 0 Å². The fourth-order valence-electron chi connectivity index (χ4n) is 2.72. The van der Waals surface area contributed by atoms with E-state index in [0.29, 0.717) is 12.4 Å². The molecule has 5 nitrogen and oxygen atoms in total. The summed E-state index contributed by atoms with van der Waals surface area (Å²) in [5, 5.41) is 0. The van der Waals surface area contributed by atoms with Crippen LogP contribution in [0.25, 0.3) is 0 Å². The summed E-state index contributed by atoms with van der Waals surface area (Å²) in [5.41, 5.74) is 6.49. The smallest absolute Gasteiger partial charge is 0.293 e. The Hall–Kier alpha value is -2.21. The molecule has 1 aromatic heterocycles. The van der Waals surface area contributed by atoms with Crippen LogP contribution in [0.5, 0.6) is 0 Å². The highest BCUT2D eigenvalue weighted by Crippen LogP contribution is 2.13. The van der Waals surface area contributed by atoms with Gasteiger partial charge in [-0.05, 0) is 30.5 Å². The molecule has 0 saturated carbocycles. The average molecular weight is 302 g/mol. The largest absolute Gasteiger partial charge is 0.352 e. The van der Waals surface area contributed by atoms with Crippen molar-refractivity contribution in [3.63, 3.8) is 0 Å². The van der Waals surface area contributed by atoms with Crippen LogP contribution in [0.3, 0.4) is 0 Å². The van der Waals surface area contributed by atoms with Crippen LogP contribution in [0.15, 0.2) is 41.5 Å². The van der Waals surface area contributed by atoms with E-state index in [1.54, 1.807) is 29.1 Å². The van der Waals surface area contributed by atoms with Crippen LogP contribution in [0.2, 0.25) is 0 Å². The maximum atomic E-state index is 13.3. The fraction of sp³-hybridized carbons (Fsp3) is 0.375. The second-order valence-corrected chi connectivity index (χ2v) is 5.64. The Labute approximate surface area is 128 Å². The van der Waals surface area contributed by atoms with Crippen LogP contribution >= 0.6 is 0 Å². The van der Waals surface area contributed by atoms with Crippen LogP contribution < -0.4 is 16.2 Å². The number of hydrogen-bond acceptors (Lipinski definition) is 4. The van der Waals surface area contributed by atoms with E-state index in [-0.39, 0.29) is 17.4 Å². The van der Waals surface area contributed by atoms with Gasteiger partial charge in [0.25, 0.3) is 5.56 Å². The summed E-state index contributed by atoms with van der Waals surface area (Å²) in [4.78, 5) is 18.8. The van der Waals surface area contributed by atoms with Crippen LogP contribution in [0, 0.1) is 5.82 Å². The van der Waals surface area contributed by atoms with Gasteiger partial charge in [0.1, 0.15) is 5.82 Å². The molecule has 0 amide bonds. The molecule has 0 spiro atoms. The monoisotopic (exact) mass is 302 g/mol. The number of hydrogen-bond donors (Lipinski definition) is 1. The van der Waals surface area contributed by atoms with E-state index < -0.39 is 0 Å². The lowest BCUT2D eigenvalue weighted by Crippen LogP contribution is -2.43. The van der Waals surface area contributed by atoms with Gasteiger partial charge in [-0.2, -0.15) is 0 Å². The number of rotatable bonds is 3. The third-order valence-corrected chi connectivity index (χ3v) is 3.98. The highest BCUT2D eigenvalue weighted by Gasteiger charge is 2.20. The summed E-state index contributed by atoms with van der Waals surface area (Å²) >= 11 is 0. The van der Waals surface area contributed by atoms with Crippen LogP contribution in [-0.2, 0) is 6.54 Å². The summed E-state index contributed by atoms with van der Waals surface area (Å²) in [6, 6.07) is 6.47. The van der Waals surface area contributed by atoms with Gasteiger partial charge in [-0.3, -0.25) is 4.79 Å². The number of anilines is 1. The molecule has 2 N–H and O–H groups in total. The van der Waals surface area contributed by atoms with Crippen molar-refractivity contribution < 1.29 is 4.39 Å². The van der Waals surface area contributed by atoms with Crippen LogP contribution in [0.4, 0.5) is 10.2 Å². The molecule has 1 aromatic carbocycles. The Morgan fingerprint density at radius 3 is 2.82 bits per heavy atom. The zero-order valence-corrected chi connectivity index (χ0v) is 12.3. The topological polar surface area (TPSA) is 64.2 Å². The molecule has 0 radical (unpaired) electrons. The normalized spacial score (nSPS) is 16.0. The Bertz CT molecular complexity index is 707. The van der Waals surface area contributed by atoms with Gasteiger partial charge in [-0.25, -0.2) is 9.37 Å². The first-order valence-corrected chi connectivity index (χ1v) is 7.44. The molecule has 2 heterocycles. The minimum atomic E-state index is -0.301. The molecule has 22 heavy (non-hydrogen) atoms. The first-order valence-electron chi connectivity index (χ1n) is 7.44. The van der Waals surface area contributed by atoms with Gasteiger partial charge in [0.05, 0.1) is 6.54 Å². The number of nitrogens with zero attached hydrogens (tertiary/aromatic N) is 3. The predicted octanol–water partition coefficient (Wildman–Crippen LogP) is 1.36. The van der Waals surface area contributed by atoms with Gasteiger partial charge in [0, 0.05) is 31.5 Å². The van der Waals surface area contributed by atoms with E-state index in [9.17, 15) is 9.18 Å². The van der Waals surface area contributed by atoms with Crippen molar-refractivity contribution in [3.05, 3.63) is 58.4 Å². The molecule has 3 rings (SSSR count). The molecular weight excluding hydrogens is 283 g/mol. The molecule has 116 valence electrons. The van der Waals surface area contributed by atoms with E-state index in [2.05, 4.69) is 4.98 Å². The lowest BCUT2D eigenvalue weighted by molar-refractivity contribution is 0.496. The number of aromatic nitrogens is 2. The SMILES string of the molecule is NC1CCN(c2nccn(Cc3cccc(F)c3)c2=O)CC1. The molecule has 1 fully saturated rings. The molecule has 1 aliphatic heterocycles. The first-order chi connectivity index (χ1) is 10.6. The van der Waals surface area contributed by atoms with Crippen LogP contribution in [0.1, 0.15) is 18.4 Å². The zero-order chi connectivity index (χ0) is 15.5. The maximum absolute atomic E-state index is 13.3. The van der Waals surface area contributed by atoms with Gasteiger partial charge in [0.2, 0.25) is 0 Å². The third kappa shape index (κ3) is 3.17. The van der Waals surface area contributed by atoms with Crippen molar-refractivity contribution in [3.8, 4) is 0 Å². The average Bonchev–Trinajstić information content (AvgIpc) is 2.51. The van der Waals surface area contributed by atoms with Crippen molar-refractivity contribution in [2.24, 2.45) is 5.73 Å². The Morgan fingerprint density at radius 2 is 2.09 bits per heavy atom. The number of piperidine rings is 1. The zero-order valence-electron chi connectivity index (χ0n) is 12.3. The Morgan fingerprint density at radius 1 is 1.32 bits per heavy atom. The van der Waals surface area contributed by atoms with Crippen molar-refractivity contribution in [1.29, 1.82) is 0 Å². The fourth-order valence-corrected chi connectivity index (χ4v) is 2.72. The third-order valence-electron chi connectivity index (χ3n) is 3.98. The highest BCUT2D eigenvalue weighted by molar-refractivity contribution is 5.36. The summed E-state index contributed by atoms with van der Waals surface area (Å²) in [6.45, 7) is 1.82. The molecule has 6 heteroatoms. The second kappa shape index (κ2) is 6.27. The summed E-state index contributed by atoms with van der Waals surface area (Å²) in [6.07, 6.45) is 4.97. The van der Waals surface area contributed by atoms with Gasteiger partial charge in [0.15, 0.2) is 5.82 Å². The van der Waals surface area contributed by atoms with E-state index in [4.69, 9.17) is 5.73 Å². The molecule has 0 atom stereocenters. The molecule has 2 aromatic rings. The first kappa shape index (κ1) is 14.7. The Kier molecular flexibility index (Phi) is 4.20. The number of nitrogens with two attached hydrogens (primary N) is 1. The second-order valence-electron chi connectivity index (χ2n) is 5.64.